The molecule has 0 aliphatic carbocycles. The van der Waals surface area contributed by atoms with Crippen LogP contribution in [0, 0.1) is 11.3 Å². The molecule has 20 heavy (non-hydrogen) atoms. The van der Waals surface area contributed by atoms with Crippen molar-refractivity contribution in [1.82, 2.24) is 4.72 Å². The molecule has 2 rings (SSSR count). The third kappa shape index (κ3) is 3.44. The molecule has 0 aliphatic rings. The first-order valence-corrected chi connectivity index (χ1v) is 7.64. The summed E-state index contributed by atoms with van der Waals surface area (Å²) in [4.78, 5) is 0.0237. The van der Waals surface area contributed by atoms with Crippen molar-refractivity contribution < 1.29 is 8.42 Å². The summed E-state index contributed by atoms with van der Waals surface area (Å²) in [6.07, 6.45) is 0.606. The van der Waals surface area contributed by atoms with E-state index in [1.54, 1.807) is 12.1 Å². The minimum absolute atomic E-state index is 0.0237. The number of rotatable bonds is 5. The fourth-order valence-corrected chi connectivity index (χ4v) is 3.03. The fourth-order valence-electron chi connectivity index (χ4n) is 1.85. The standard InChI is InChI=1S/C15H14N2O2S/c16-12-14-8-4-5-9-15(14)20(18,19)17-11-10-13-6-2-1-3-7-13/h1-9,17H,10-11H2. The molecule has 0 heterocycles. The van der Waals surface area contributed by atoms with Gasteiger partial charge in [-0.2, -0.15) is 5.26 Å². The van der Waals surface area contributed by atoms with E-state index < -0.39 is 10.0 Å². The Hall–Kier alpha value is -2.16. The predicted octanol–water partition coefficient (Wildman–Crippen LogP) is 2.08. The summed E-state index contributed by atoms with van der Waals surface area (Å²) in [5, 5.41) is 8.94. The summed E-state index contributed by atoms with van der Waals surface area (Å²) in [5.41, 5.74) is 1.21. The van der Waals surface area contributed by atoms with Crippen molar-refractivity contribution >= 4 is 10.0 Å². The molecule has 0 radical (unpaired) electrons. The van der Waals surface area contributed by atoms with Gasteiger partial charge in [-0.15, -0.1) is 0 Å². The Morgan fingerprint density at radius 3 is 2.35 bits per heavy atom. The lowest BCUT2D eigenvalue weighted by molar-refractivity contribution is 0.581. The van der Waals surface area contributed by atoms with Crippen LogP contribution in [0.15, 0.2) is 59.5 Å². The number of hydrogen-bond donors (Lipinski definition) is 1. The summed E-state index contributed by atoms with van der Waals surface area (Å²) in [6, 6.07) is 17.7. The van der Waals surface area contributed by atoms with E-state index in [0.29, 0.717) is 13.0 Å². The molecule has 0 unspecified atom stereocenters. The second-order valence-corrected chi connectivity index (χ2v) is 5.98. The van der Waals surface area contributed by atoms with E-state index in [-0.39, 0.29) is 10.5 Å². The van der Waals surface area contributed by atoms with E-state index in [1.165, 1.54) is 12.1 Å². The third-order valence-electron chi connectivity index (χ3n) is 2.85. The molecule has 102 valence electrons. The van der Waals surface area contributed by atoms with Crippen molar-refractivity contribution in [3.8, 4) is 6.07 Å². The maximum atomic E-state index is 12.1. The van der Waals surface area contributed by atoms with Crippen LogP contribution in [-0.4, -0.2) is 15.0 Å². The van der Waals surface area contributed by atoms with Gasteiger partial charge in [-0.1, -0.05) is 42.5 Å². The Labute approximate surface area is 118 Å². The summed E-state index contributed by atoms with van der Waals surface area (Å²) < 4.78 is 26.8. The first-order chi connectivity index (χ1) is 9.63. The van der Waals surface area contributed by atoms with Crippen molar-refractivity contribution in [3.05, 3.63) is 65.7 Å². The summed E-state index contributed by atoms with van der Waals surface area (Å²) >= 11 is 0. The smallest absolute Gasteiger partial charge is 0.211 e. The Morgan fingerprint density at radius 1 is 1.00 bits per heavy atom. The van der Waals surface area contributed by atoms with Crippen molar-refractivity contribution in [2.24, 2.45) is 0 Å². The largest absolute Gasteiger partial charge is 0.241 e. The molecular weight excluding hydrogens is 272 g/mol. The van der Waals surface area contributed by atoms with Gasteiger partial charge < -0.3 is 0 Å². The van der Waals surface area contributed by atoms with Gasteiger partial charge in [0.15, 0.2) is 0 Å². The molecule has 0 atom stereocenters. The lowest BCUT2D eigenvalue weighted by Gasteiger charge is -2.08. The highest BCUT2D eigenvalue weighted by Crippen LogP contribution is 2.14. The van der Waals surface area contributed by atoms with Crippen LogP contribution >= 0.6 is 0 Å². The minimum atomic E-state index is -3.65. The SMILES string of the molecule is N#Cc1ccccc1S(=O)(=O)NCCc1ccccc1. The van der Waals surface area contributed by atoms with Gasteiger partial charge in [0.05, 0.1) is 10.5 Å². The second-order valence-electron chi connectivity index (χ2n) is 4.24. The molecule has 0 saturated heterocycles. The zero-order chi connectivity index (χ0) is 14.4. The predicted molar refractivity (Wildman–Crippen MR) is 76.5 cm³/mol. The van der Waals surface area contributed by atoms with Gasteiger partial charge in [0, 0.05) is 6.54 Å². The fraction of sp³-hybridized carbons (Fsp3) is 0.133. The van der Waals surface area contributed by atoms with Crippen LogP contribution in [0.5, 0.6) is 0 Å². The molecule has 0 aromatic heterocycles. The average Bonchev–Trinajstić information content (AvgIpc) is 2.48. The monoisotopic (exact) mass is 286 g/mol. The first kappa shape index (κ1) is 14.3. The topological polar surface area (TPSA) is 70.0 Å². The van der Waals surface area contributed by atoms with Gasteiger partial charge in [-0.3, -0.25) is 0 Å². The maximum absolute atomic E-state index is 12.1. The molecule has 5 heteroatoms. The number of benzene rings is 2. The van der Waals surface area contributed by atoms with E-state index in [0.717, 1.165) is 5.56 Å². The zero-order valence-corrected chi connectivity index (χ0v) is 11.6. The number of hydrogen-bond acceptors (Lipinski definition) is 3. The molecule has 0 bridgehead atoms. The molecule has 0 aliphatic heterocycles. The molecular formula is C15H14N2O2S. The zero-order valence-electron chi connectivity index (χ0n) is 10.8. The Morgan fingerprint density at radius 2 is 1.65 bits per heavy atom. The van der Waals surface area contributed by atoms with Gasteiger partial charge in [0.2, 0.25) is 10.0 Å². The van der Waals surface area contributed by atoms with E-state index in [4.69, 9.17) is 5.26 Å². The molecule has 0 saturated carbocycles. The number of nitrogens with zero attached hydrogens (tertiary/aromatic N) is 1. The van der Waals surface area contributed by atoms with E-state index in [9.17, 15) is 8.42 Å². The average molecular weight is 286 g/mol. The first-order valence-electron chi connectivity index (χ1n) is 6.16. The summed E-state index contributed by atoms with van der Waals surface area (Å²) in [6.45, 7) is 0.298. The number of nitriles is 1. The van der Waals surface area contributed by atoms with Crippen LogP contribution in [0.4, 0.5) is 0 Å². The quantitative estimate of drug-likeness (QED) is 0.914. The van der Waals surface area contributed by atoms with Gasteiger partial charge in [-0.25, -0.2) is 13.1 Å². The van der Waals surface area contributed by atoms with Crippen molar-refractivity contribution in [2.75, 3.05) is 6.54 Å². The molecule has 0 spiro atoms. The molecule has 1 N–H and O–H groups in total. The van der Waals surface area contributed by atoms with Crippen molar-refractivity contribution in [1.29, 1.82) is 5.26 Å². The van der Waals surface area contributed by atoms with Crippen molar-refractivity contribution in [3.63, 3.8) is 0 Å². The highest BCUT2D eigenvalue weighted by atomic mass is 32.2. The Balaban J connectivity index is 2.07. The van der Waals surface area contributed by atoms with Crippen LogP contribution in [0.2, 0.25) is 0 Å². The summed E-state index contributed by atoms with van der Waals surface area (Å²) in [5.74, 6) is 0. The molecule has 0 fully saturated rings. The lowest BCUT2D eigenvalue weighted by atomic mass is 10.2. The summed E-state index contributed by atoms with van der Waals surface area (Å²) in [7, 11) is -3.65. The van der Waals surface area contributed by atoms with Crippen LogP contribution in [0.25, 0.3) is 0 Å². The van der Waals surface area contributed by atoms with Crippen LogP contribution in [-0.2, 0) is 16.4 Å². The van der Waals surface area contributed by atoms with E-state index in [1.807, 2.05) is 36.4 Å². The second kappa shape index (κ2) is 6.33. The molecule has 2 aromatic carbocycles. The Kier molecular flexibility index (Phi) is 4.51. The van der Waals surface area contributed by atoms with E-state index in [2.05, 4.69) is 4.72 Å². The minimum Gasteiger partial charge on any atom is -0.211 e. The normalized spacial score (nSPS) is 10.9. The van der Waals surface area contributed by atoms with Gasteiger partial charge >= 0.3 is 0 Å². The van der Waals surface area contributed by atoms with Gasteiger partial charge in [-0.05, 0) is 24.1 Å². The lowest BCUT2D eigenvalue weighted by Crippen LogP contribution is -2.26. The highest BCUT2D eigenvalue weighted by Gasteiger charge is 2.17. The van der Waals surface area contributed by atoms with Crippen molar-refractivity contribution in [2.45, 2.75) is 11.3 Å². The number of nitrogens with one attached hydrogen (secondary N) is 1. The maximum Gasteiger partial charge on any atom is 0.241 e. The molecule has 0 amide bonds. The molecule has 2 aromatic rings. The van der Waals surface area contributed by atoms with Crippen LogP contribution in [0.3, 0.4) is 0 Å². The highest BCUT2D eigenvalue weighted by molar-refractivity contribution is 7.89. The molecule has 4 nitrogen and oxygen atoms in total. The van der Waals surface area contributed by atoms with E-state index >= 15 is 0 Å². The van der Waals surface area contributed by atoms with Gasteiger partial charge in [0.25, 0.3) is 0 Å². The van der Waals surface area contributed by atoms with Crippen LogP contribution < -0.4 is 4.72 Å². The van der Waals surface area contributed by atoms with Gasteiger partial charge in [0.1, 0.15) is 6.07 Å². The Bertz CT molecular complexity index is 719. The number of sulfonamides is 1. The third-order valence-corrected chi connectivity index (χ3v) is 4.36. The van der Waals surface area contributed by atoms with Crippen LogP contribution in [0.1, 0.15) is 11.1 Å².